The first kappa shape index (κ1) is 12.6. The summed E-state index contributed by atoms with van der Waals surface area (Å²) in [6.45, 7) is 2.02. The van der Waals surface area contributed by atoms with Crippen LogP contribution in [0.1, 0.15) is 30.1 Å². The fourth-order valence-electron chi connectivity index (χ4n) is 1.47. The van der Waals surface area contributed by atoms with Crippen molar-refractivity contribution in [1.29, 1.82) is 0 Å². The van der Waals surface area contributed by atoms with E-state index in [1.54, 1.807) is 26.5 Å². The normalized spacial score (nSPS) is 12.2. The molecular formula is C12H17NO3. The highest BCUT2D eigenvalue weighted by Crippen LogP contribution is 2.15. The molecule has 0 bridgehead atoms. The molecule has 1 aromatic heterocycles. The molecule has 0 aliphatic rings. The quantitative estimate of drug-likeness (QED) is 0.693. The Balaban J connectivity index is 2.85. The van der Waals surface area contributed by atoms with Gasteiger partial charge in [-0.05, 0) is 12.5 Å². The van der Waals surface area contributed by atoms with E-state index < -0.39 is 0 Å². The summed E-state index contributed by atoms with van der Waals surface area (Å²) >= 11 is 0. The first-order chi connectivity index (χ1) is 7.72. The van der Waals surface area contributed by atoms with Gasteiger partial charge in [-0.15, -0.1) is 0 Å². The van der Waals surface area contributed by atoms with Gasteiger partial charge in [-0.1, -0.05) is 13.3 Å². The van der Waals surface area contributed by atoms with Crippen LogP contribution in [0.25, 0.3) is 0 Å². The molecule has 0 N–H and O–H groups in total. The van der Waals surface area contributed by atoms with Crippen LogP contribution in [0.5, 0.6) is 5.75 Å². The number of pyridine rings is 1. The van der Waals surface area contributed by atoms with E-state index >= 15 is 0 Å². The lowest BCUT2D eigenvalue weighted by atomic mass is 10.0. The van der Waals surface area contributed by atoms with Gasteiger partial charge < -0.3 is 9.47 Å². The molecule has 4 nitrogen and oxygen atoms in total. The van der Waals surface area contributed by atoms with Crippen molar-refractivity contribution in [3.8, 4) is 5.75 Å². The van der Waals surface area contributed by atoms with E-state index in [4.69, 9.17) is 9.47 Å². The van der Waals surface area contributed by atoms with Gasteiger partial charge in [0, 0.05) is 18.9 Å². The van der Waals surface area contributed by atoms with Crippen LogP contribution in [0.15, 0.2) is 18.5 Å². The SMILES string of the molecule is CCCC(OC)C(=O)c1cncc(OC)c1. The summed E-state index contributed by atoms with van der Waals surface area (Å²) in [6.07, 6.45) is 4.33. The number of hydrogen-bond acceptors (Lipinski definition) is 4. The van der Waals surface area contributed by atoms with Crippen molar-refractivity contribution in [2.75, 3.05) is 14.2 Å². The molecule has 0 saturated heterocycles. The minimum Gasteiger partial charge on any atom is -0.495 e. The zero-order valence-corrected chi connectivity index (χ0v) is 9.90. The number of methoxy groups -OCH3 is 2. The van der Waals surface area contributed by atoms with E-state index in [1.807, 2.05) is 6.92 Å². The van der Waals surface area contributed by atoms with Gasteiger partial charge in [-0.2, -0.15) is 0 Å². The summed E-state index contributed by atoms with van der Waals surface area (Å²) in [5, 5.41) is 0. The monoisotopic (exact) mass is 223 g/mol. The Morgan fingerprint density at radius 2 is 2.19 bits per heavy atom. The van der Waals surface area contributed by atoms with Gasteiger partial charge in [0.25, 0.3) is 0 Å². The van der Waals surface area contributed by atoms with Gasteiger partial charge in [0.2, 0.25) is 0 Å². The largest absolute Gasteiger partial charge is 0.495 e. The van der Waals surface area contributed by atoms with Gasteiger partial charge in [0.05, 0.1) is 13.3 Å². The molecule has 0 amide bonds. The average molecular weight is 223 g/mol. The third kappa shape index (κ3) is 3.03. The molecule has 0 aliphatic heterocycles. The van der Waals surface area contributed by atoms with E-state index in [2.05, 4.69) is 4.98 Å². The summed E-state index contributed by atoms with van der Waals surface area (Å²) in [5.41, 5.74) is 0.527. The standard InChI is InChI=1S/C12H17NO3/c1-4-5-11(16-3)12(14)9-6-10(15-2)8-13-7-9/h6-8,11H,4-5H2,1-3H3. The van der Waals surface area contributed by atoms with Crippen molar-refractivity contribution < 1.29 is 14.3 Å². The maximum absolute atomic E-state index is 12.0. The van der Waals surface area contributed by atoms with Gasteiger partial charge in [0.1, 0.15) is 11.9 Å². The topological polar surface area (TPSA) is 48.4 Å². The van der Waals surface area contributed by atoms with Gasteiger partial charge >= 0.3 is 0 Å². The number of ether oxygens (including phenoxy) is 2. The second-order valence-corrected chi connectivity index (χ2v) is 3.49. The smallest absolute Gasteiger partial charge is 0.193 e. The first-order valence-corrected chi connectivity index (χ1v) is 5.29. The third-order valence-corrected chi connectivity index (χ3v) is 2.36. The summed E-state index contributed by atoms with van der Waals surface area (Å²) in [4.78, 5) is 16.0. The van der Waals surface area contributed by atoms with Crippen LogP contribution in [0.2, 0.25) is 0 Å². The molecule has 0 spiro atoms. The number of rotatable bonds is 6. The Hall–Kier alpha value is -1.42. The van der Waals surface area contributed by atoms with Gasteiger partial charge in [-0.3, -0.25) is 9.78 Å². The molecule has 0 aromatic carbocycles. The Labute approximate surface area is 95.6 Å². The fraction of sp³-hybridized carbons (Fsp3) is 0.500. The predicted octanol–water partition coefficient (Wildman–Crippen LogP) is 2.09. The third-order valence-electron chi connectivity index (χ3n) is 2.36. The molecule has 16 heavy (non-hydrogen) atoms. The molecule has 4 heteroatoms. The number of ketones is 1. The van der Waals surface area contributed by atoms with Crippen molar-refractivity contribution in [3.05, 3.63) is 24.0 Å². The van der Waals surface area contributed by atoms with Crippen LogP contribution in [0.3, 0.4) is 0 Å². The highest BCUT2D eigenvalue weighted by atomic mass is 16.5. The lowest BCUT2D eigenvalue weighted by molar-refractivity contribution is 0.0578. The molecule has 1 heterocycles. The van der Waals surface area contributed by atoms with Crippen molar-refractivity contribution in [3.63, 3.8) is 0 Å². The van der Waals surface area contributed by atoms with Crippen LogP contribution >= 0.6 is 0 Å². The van der Waals surface area contributed by atoms with E-state index in [0.29, 0.717) is 17.7 Å². The van der Waals surface area contributed by atoms with Crippen molar-refractivity contribution in [2.24, 2.45) is 0 Å². The number of carbonyl (C=O) groups is 1. The Kier molecular flexibility index (Phi) is 4.92. The maximum Gasteiger partial charge on any atom is 0.193 e. The van der Waals surface area contributed by atoms with Crippen LogP contribution in [0.4, 0.5) is 0 Å². The Bertz CT molecular complexity index is 352. The van der Waals surface area contributed by atoms with Crippen LogP contribution < -0.4 is 4.74 Å². The average Bonchev–Trinajstić information content (AvgIpc) is 2.35. The number of hydrogen-bond donors (Lipinski definition) is 0. The summed E-state index contributed by atoms with van der Waals surface area (Å²) < 4.78 is 10.2. The fourth-order valence-corrected chi connectivity index (χ4v) is 1.47. The molecular weight excluding hydrogens is 206 g/mol. The Morgan fingerprint density at radius 1 is 1.44 bits per heavy atom. The van der Waals surface area contributed by atoms with Gasteiger partial charge in [-0.25, -0.2) is 0 Å². The number of aromatic nitrogens is 1. The van der Waals surface area contributed by atoms with Crippen molar-refractivity contribution in [1.82, 2.24) is 4.98 Å². The predicted molar refractivity (Wildman–Crippen MR) is 60.8 cm³/mol. The molecule has 0 fully saturated rings. The minimum atomic E-state index is -0.390. The molecule has 1 unspecified atom stereocenters. The molecule has 0 aliphatic carbocycles. The lowest BCUT2D eigenvalue weighted by Gasteiger charge is -2.13. The number of carbonyl (C=O) groups excluding carboxylic acids is 1. The molecule has 1 rings (SSSR count). The first-order valence-electron chi connectivity index (χ1n) is 5.29. The number of Topliss-reactive ketones (excluding diaryl/α,β-unsaturated/α-hetero) is 1. The Morgan fingerprint density at radius 3 is 2.75 bits per heavy atom. The summed E-state index contributed by atoms with van der Waals surface area (Å²) in [5.74, 6) is 0.535. The second kappa shape index (κ2) is 6.23. The van der Waals surface area contributed by atoms with E-state index in [0.717, 1.165) is 6.42 Å². The van der Waals surface area contributed by atoms with Gasteiger partial charge in [0.15, 0.2) is 5.78 Å². The van der Waals surface area contributed by atoms with Crippen LogP contribution in [-0.4, -0.2) is 31.1 Å². The zero-order valence-electron chi connectivity index (χ0n) is 9.90. The maximum atomic E-state index is 12.0. The summed E-state index contributed by atoms with van der Waals surface area (Å²) in [7, 11) is 3.09. The molecule has 88 valence electrons. The van der Waals surface area contributed by atoms with Crippen molar-refractivity contribution >= 4 is 5.78 Å². The molecule has 1 aromatic rings. The number of nitrogens with zero attached hydrogens (tertiary/aromatic N) is 1. The summed E-state index contributed by atoms with van der Waals surface area (Å²) in [6, 6.07) is 1.68. The zero-order chi connectivity index (χ0) is 12.0. The van der Waals surface area contributed by atoms with E-state index in [1.165, 1.54) is 6.20 Å². The molecule has 0 saturated carbocycles. The minimum absolute atomic E-state index is 0.0456. The van der Waals surface area contributed by atoms with E-state index in [-0.39, 0.29) is 11.9 Å². The van der Waals surface area contributed by atoms with Crippen molar-refractivity contribution in [2.45, 2.75) is 25.9 Å². The van der Waals surface area contributed by atoms with Crippen LogP contribution in [0, 0.1) is 0 Å². The van der Waals surface area contributed by atoms with Crippen LogP contribution in [-0.2, 0) is 4.74 Å². The highest BCUT2D eigenvalue weighted by Gasteiger charge is 2.19. The molecule has 1 atom stereocenters. The highest BCUT2D eigenvalue weighted by molar-refractivity contribution is 5.99. The van der Waals surface area contributed by atoms with E-state index in [9.17, 15) is 4.79 Å². The molecule has 0 radical (unpaired) electrons. The second-order valence-electron chi connectivity index (χ2n) is 3.49. The lowest BCUT2D eigenvalue weighted by Crippen LogP contribution is -2.23.